The highest BCUT2D eigenvalue weighted by Crippen LogP contribution is 2.31. The van der Waals surface area contributed by atoms with E-state index >= 15 is 0 Å². The van der Waals surface area contributed by atoms with Gasteiger partial charge in [-0.15, -0.1) is 0 Å². The number of amides is 1. The van der Waals surface area contributed by atoms with Gasteiger partial charge in [0.05, 0.1) is 11.3 Å². The predicted octanol–water partition coefficient (Wildman–Crippen LogP) is 2.30. The molecule has 1 fully saturated rings. The number of hydrogen-bond donors (Lipinski definition) is 1. The Hall–Kier alpha value is -1.96. The van der Waals surface area contributed by atoms with Gasteiger partial charge < -0.3 is 10.0 Å². The monoisotopic (exact) mass is 329 g/mol. The Labute approximate surface area is 129 Å². The number of hydrogen-bond acceptors (Lipinski definition) is 4. The van der Waals surface area contributed by atoms with Gasteiger partial charge in [0.25, 0.3) is 0 Å². The molecule has 1 aromatic rings. The quantitative estimate of drug-likeness (QED) is 0.917. The summed E-state index contributed by atoms with van der Waals surface area (Å²) in [5.41, 5.74) is -0.626. The van der Waals surface area contributed by atoms with Crippen molar-refractivity contribution in [2.24, 2.45) is 5.92 Å². The van der Waals surface area contributed by atoms with Crippen LogP contribution in [-0.2, 0) is 9.59 Å². The van der Waals surface area contributed by atoms with Crippen molar-refractivity contribution in [1.29, 1.82) is 0 Å². The summed E-state index contributed by atoms with van der Waals surface area (Å²) >= 11 is 1.08. The normalized spacial score (nSPS) is 17.9. The van der Waals surface area contributed by atoms with Gasteiger partial charge in [-0.05, 0) is 12.0 Å². The molecule has 1 unspecified atom stereocenters. The lowest BCUT2D eigenvalue weighted by atomic mass is 10.1. The molecule has 1 atom stereocenters. The van der Waals surface area contributed by atoms with Crippen molar-refractivity contribution < 1.29 is 28.3 Å². The van der Waals surface area contributed by atoms with Crippen molar-refractivity contribution in [2.45, 2.75) is 13.3 Å². The number of aromatic carboxylic acids is 1. The Morgan fingerprint density at radius 2 is 2.00 bits per heavy atom. The number of nitrogens with zero attached hydrogens (tertiary/aromatic N) is 1. The van der Waals surface area contributed by atoms with E-state index in [0.717, 1.165) is 22.7 Å². The van der Waals surface area contributed by atoms with Gasteiger partial charge in [0, 0.05) is 31.7 Å². The highest BCUT2D eigenvalue weighted by atomic mass is 32.2. The lowest BCUT2D eigenvalue weighted by Gasteiger charge is -2.19. The van der Waals surface area contributed by atoms with Crippen molar-refractivity contribution in [3.8, 4) is 0 Å². The Balaban J connectivity index is 2.28. The summed E-state index contributed by atoms with van der Waals surface area (Å²) in [6.07, 6.45) is 0.137. The Bertz CT molecular complexity index is 650. The van der Waals surface area contributed by atoms with Crippen molar-refractivity contribution in [3.05, 3.63) is 29.3 Å². The minimum absolute atomic E-state index is 0.0787. The number of carboxylic acid groups (broad SMARTS) is 1. The number of benzene rings is 1. The lowest BCUT2D eigenvalue weighted by Crippen LogP contribution is -2.27. The summed E-state index contributed by atoms with van der Waals surface area (Å²) in [4.78, 5) is 35.3. The molecule has 1 aliphatic heterocycles. The number of rotatable bonds is 4. The first-order valence-corrected chi connectivity index (χ1v) is 7.44. The average Bonchev–Trinajstić information content (AvgIpc) is 2.80. The van der Waals surface area contributed by atoms with Gasteiger partial charge in [-0.1, -0.05) is 11.8 Å². The topological polar surface area (TPSA) is 74.7 Å². The van der Waals surface area contributed by atoms with E-state index in [4.69, 9.17) is 5.11 Å². The molecule has 1 heterocycles. The molecule has 0 aliphatic carbocycles. The van der Waals surface area contributed by atoms with Crippen LogP contribution in [0, 0.1) is 17.6 Å². The first-order valence-electron chi connectivity index (χ1n) is 6.45. The van der Waals surface area contributed by atoms with E-state index in [1.165, 1.54) is 6.92 Å². The molecule has 1 aromatic carbocycles. The SMILES string of the molecule is CC(=O)SCC1CC(=O)N(c2cc(F)c(F)cc2C(=O)O)C1. The van der Waals surface area contributed by atoms with Crippen LogP contribution in [0.15, 0.2) is 12.1 Å². The Morgan fingerprint density at radius 3 is 2.59 bits per heavy atom. The molecule has 1 amide bonds. The molecule has 5 nitrogen and oxygen atoms in total. The summed E-state index contributed by atoms with van der Waals surface area (Å²) in [6.45, 7) is 1.58. The van der Waals surface area contributed by atoms with Crippen LogP contribution >= 0.6 is 11.8 Å². The van der Waals surface area contributed by atoms with E-state index < -0.39 is 23.2 Å². The molecule has 0 aromatic heterocycles. The molecular formula is C14H13F2NO4S. The number of halogens is 2. The van der Waals surface area contributed by atoms with Crippen molar-refractivity contribution in [1.82, 2.24) is 0 Å². The van der Waals surface area contributed by atoms with E-state index in [9.17, 15) is 23.2 Å². The van der Waals surface area contributed by atoms with Gasteiger partial charge in [-0.2, -0.15) is 0 Å². The third-order valence-corrected chi connectivity index (χ3v) is 4.33. The Kier molecular flexibility index (Phi) is 4.80. The zero-order valence-corrected chi connectivity index (χ0v) is 12.5. The summed E-state index contributed by atoms with van der Waals surface area (Å²) in [5, 5.41) is 9.02. The third-order valence-electron chi connectivity index (χ3n) is 3.29. The molecule has 1 aliphatic rings. The average molecular weight is 329 g/mol. The van der Waals surface area contributed by atoms with Gasteiger partial charge in [-0.25, -0.2) is 13.6 Å². The predicted molar refractivity (Wildman–Crippen MR) is 76.9 cm³/mol. The number of anilines is 1. The van der Waals surface area contributed by atoms with Gasteiger partial charge in [-0.3, -0.25) is 9.59 Å². The van der Waals surface area contributed by atoms with Gasteiger partial charge in [0.15, 0.2) is 16.7 Å². The zero-order chi connectivity index (χ0) is 16.4. The second-order valence-electron chi connectivity index (χ2n) is 4.97. The van der Waals surface area contributed by atoms with E-state index in [-0.39, 0.29) is 35.6 Å². The molecule has 0 bridgehead atoms. The van der Waals surface area contributed by atoms with Gasteiger partial charge >= 0.3 is 5.97 Å². The highest BCUT2D eigenvalue weighted by molar-refractivity contribution is 8.13. The molecular weight excluding hydrogens is 316 g/mol. The van der Waals surface area contributed by atoms with Crippen LogP contribution in [0.25, 0.3) is 0 Å². The van der Waals surface area contributed by atoms with Crippen LogP contribution in [0.5, 0.6) is 0 Å². The van der Waals surface area contributed by atoms with E-state index in [1.807, 2.05) is 0 Å². The summed E-state index contributed by atoms with van der Waals surface area (Å²) in [5.74, 6) is -4.03. The fraction of sp³-hybridized carbons (Fsp3) is 0.357. The molecule has 118 valence electrons. The van der Waals surface area contributed by atoms with Crippen LogP contribution in [0.2, 0.25) is 0 Å². The van der Waals surface area contributed by atoms with Crippen LogP contribution in [0.1, 0.15) is 23.7 Å². The number of carbonyl (C=O) groups excluding carboxylic acids is 2. The van der Waals surface area contributed by atoms with Crippen LogP contribution in [0.4, 0.5) is 14.5 Å². The van der Waals surface area contributed by atoms with E-state index in [2.05, 4.69) is 0 Å². The second kappa shape index (κ2) is 6.43. The Morgan fingerprint density at radius 1 is 1.36 bits per heavy atom. The van der Waals surface area contributed by atoms with E-state index in [0.29, 0.717) is 11.8 Å². The zero-order valence-electron chi connectivity index (χ0n) is 11.6. The smallest absolute Gasteiger partial charge is 0.337 e. The molecule has 0 radical (unpaired) electrons. The largest absolute Gasteiger partial charge is 0.478 e. The second-order valence-corrected chi connectivity index (χ2v) is 6.16. The maximum absolute atomic E-state index is 13.4. The third kappa shape index (κ3) is 3.44. The standard InChI is InChI=1S/C14H13F2NO4S/c1-7(18)22-6-8-2-13(19)17(5-8)12-4-11(16)10(15)3-9(12)14(20)21/h3-4,8H,2,5-6H2,1H3,(H,20,21). The molecule has 0 spiro atoms. The first-order chi connectivity index (χ1) is 10.3. The first kappa shape index (κ1) is 16.4. The minimum atomic E-state index is -1.44. The molecule has 22 heavy (non-hydrogen) atoms. The lowest BCUT2D eigenvalue weighted by molar-refractivity contribution is -0.117. The van der Waals surface area contributed by atoms with Crippen molar-refractivity contribution in [2.75, 3.05) is 17.2 Å². The molecule has 2 rings (SSSR count). The van der Waals surface area contributed by atoms with Crippen LogP contribution < -0.4 is 4.90 Å². The fourth-order valence-corrected chi connectivity index (χ4v) is 2.99. The van der Waals surface area contributed by atoms with E-state index in [1.54, 1.807) is 0 Å². The summed E-state index contributed by atoms with van der Waals surface area (Å²) in [6, 6.07) is 1.29. The van der Waals surface area contributed by atoms with Crippen LogP contribution in [0.3, 0.4) is 0 Å². The summed E-state index contributed by atoms with van der Waals surface area (Å²) < 4.78 is 26.6. The highest BCUT2D eigenvalue weighted by Gasteiger charge is 2.33. The molecule has 1 saturated heterocycles. The van der Waals surface area contributed by atoms with Crippen LogP contribution in [-0.4, -0.2) is 34.4 Å². The number of carbonyl (C=O) groups is 3. The fourth-order valence-electron chi connectivity index (χ4n) is 2.29. The van der Waals surface area contributed by atoms with Crippen molar-refractivity contribution in [3.63, 3.8) is 0 Å². The number of thioether (sulfide) groups is 1. The maximum Gasteiger partial charge on any atom is 0.337 e. The van der Waals surface area contributed by atoms with Gasteiger partial charge in [0.1, 0.15) is 0 Å². The summed E-state index contributed by atoms with van der Waals surface area (Å²) in [7, 11) is 0. The number of carboxylic acids is 1. The van der Waals surface area contributed by atoms with Gasteiger partial charge in [0.2, 0.25) is 5.91 Å². The minimum Gasteiger partial charge on any atom is -0.478 e. The maximum atomic E-state index is 13.4. The molecule has 0 saturated carbocycles. The molecule has 8 heteroatoms. The van der Waals surface area contributed by atoms with Crippen molar-refractivity contribution >= 4 is 34.4 Å². The molecule has 1 N–H and O–H groups in total.